The van der Waals surface area contributed by atoms with E-state index in [4.69, 9.17) is 11.6 Å². The topological polar surface area (TPSA) is 106 Å². The Morgan fingerprint density at radius 3 is 2.76 bits per heavy atom. The highest BCUT2D eigenvalue weighted by atomic mass is 35.5. The average Bonchev–Trinajstić information content (AvgIpc) is 3.52. The van der Waals surface area contributed by atoms with Crippen LogP contribution in [0.2, 0.25) is 5.02 Å². The fraction of sp³-hybridized carbons (Fsp3) is 0.267. The van der Waals surface area contributed by atoms with Gasteiger partial charge in [-0.3, -0.25) is 14.6 Å². The van der Waals surface area contributed by atoms with Gasteiger partial charge >= 0.3 is 0 Å². The number of hydrogen-bond donors (Lipinski definition) is 1. The second-order valence-corrected chi connectivity index (χ2v) is 10.7. The monoisotopic (exact) mass is 571 g/mol. The quantitative estimate of drug-likeness (QED) is 0.341. The number of nitrogens with one attached hydrogen (secondary N) is 1. The van der Waals surface area contributed by atoms with Crippen LogP contribution in [0.25, 0.3) is 22.4 Å². The van der Waals surface area contributed by atoms with Crippen LogP contribution < -0.4 is 5.32 Å². The summed E-state index contributed by atoms with van der Waals surface area (Å²) < 4.78 is 16.7. The molecule has 2 atom stereocenters. The Morgan fingerprint density at radius 2 is 1.95 bits per heavy atom. The van der Waals surface area contributed by atoms with E-state index < -0.39 is 5.82 Å². The maximum Gasteiger partial charge on any atom is 0.247 e. The zero-order chi connectivity index (χ0) is 28.5. The van der Waals surface area contributed by atoms with Crippen molar-refractivity contribution in [3.05, 3.63) is 89.2 Å². The van der Waals surface area contributed by atoms with Gasteiger partial charge in [0.2, 0.25) is 11.8 Å². The van der Waals surface area contributed by atoms with Crippen LogP contribution in [0.1, 0.15) is 49.9 Å². The molecular weight excluding hydrogens is 545 g/mol. The first-order chi connectivity index (χ1) is 19.9. The number of para-hydroxylation sites is 1. The molecule has 11 heteroatoms. The van der Waals surface area contributed by atoms with Gasteiger partial charge in [0.05, 0.1) is 22.4 Å². The first kappa shape index (κ1) is 26.8. The highest BCUT2D eigenvalue weighted by Gasteiger charge is 2.31. The number of fused-ring (bicyclic) bond motifs is 4. The minimum Gasteiger partial charge on any atom is -0.330 e. The lowest BCUT2D eigenvalue weighted by atomic mass is 9.92. The maximum absolute atomic E-state index is 15.4. The Morgan fingerprint density at radius 1 is 1.10 bits per heavy atom. The third kappa shape index (κ3) is 5.22. The Bertz CT molecular complexity index is 1660. The minimum atomic E-state index is -0.626. The lowest BCUT2D eigenvalue weighted by Crippen LogP contribution is -2.38. The van der Waals surface area contributed by atoms with Gasteiger partial charge in [-0.05, 0) is 71.2 Å². The zero-order valence-electron chi connectivity index (χ0n) is 22.3. The summed E-state index contributed by atoms with van der Waals surface area (Å²) in [4.78, 5) is 33.1. The van der Waals surface area contributed by atoms with Gasteiger partial charge in [-0.2, -0.15) is 4.68 Å². The van der Waals surface area contributed by atoms with E-state index in [1.54, 1.807) is 17.2 Å². The molecule has 4 heterocycles. The van der Waals surface area contributed by atoms with E-state index in [0.29, 0.717) is 37.1 Å². The minimum absolute atomic E-state index is 0.0348. The predicted molar refractivity (Wildman–Crippen MR) is 152 cm³/mol. The van der Waals surface area contributed by atoms with Crippen LogP contribution in [0.5, 0.6) is 0 Å². The van der Waals surface area contributed by atoms with Crippen LogP contribution in [0.4, 0.5) is 10.1 Å². The summed E-state index contributed by atoms with van der Waals surface area (Å²) in [5.74, 6) is -1.11. The molecule has 2 unspecified atom stereocenters. The van der Waals surface area contributed by atoms with Crippen molar-refractivity contribution >= 4 is 34.7 Å². The SMILES string of the molecule is CC1CCCC(N2CCC(c3c(-n4cnnn4)ccc(Cl)c3F)=CC2=O)c2cc(ccn2)-c2ccccc2NC1=O. The van der Waals surface area contributed by atoms with Gasteiger partial charge in [0.15, 0.2) is 5.82 Å². The predicted octanol–water partition coefficient (Wildman–Crippen LogP) is 5.63. The third-order valence-electron chi connectivity index (χ3n) is 7.75. The van der Waals surface area contributed by atoms with E-state index in [9.17, 15) is 9.59 Å². The molecule has 2 aliphatic heterocycles. The summed E-state index contributed by atoms with van der Waals surface area (Å²) in [6.07, 6.45) is 6.99. The number of aromatic nitrogens is 5. The highest BCUT2D eigenvalue weighted by molar-refractivity contribution is 6.31. The summed E-state index contributed by atoms with van der Waals surface area (Å²) in [5, 5.41) is 14.2. The Hall–Kier alpha value is -4.44. The summed E-state index contributed by atoms with van der Waals surface area (Å²) in [6, 6.07) is 14.3. The molecule has 208 valence electrons. The lowest BCUT2D eigenvalue weighted by Gasteiger charge is -2.35. The molecule has 41 heavy (non-hydrogen) atoms. The standard InChI is InChI=1S/C30H27ClFN7O2/c1-18-5-4-8-25(24-15-19(11-13-33-24)21-6-2-3-7-23(21)35-30(18)41)38-14-12-20(16-27(38)40)28-26(39-17-34-36-37-39)10-9-22(31)29(28)32/h2-3,6-7,9-11,13,15-18,25H,4-5,8,12,14H2,1H3,(H,35,41). The summed E-state index contributed by atoms with van der Waals surface area (Å²) >= 11 is 6.14. The van der Waals surface area contributed by atoms with Crippen molar-refractivity contribution in [2.75, 3.05) is 11.9 Å². The smallest absolute Gasteiger partial charge is 0.247 e. The molecular formula is C30H27ClFN7O2. The fourth-order valence-corrected chi connectivity index (χ4v) is 5.74. The van der Waals surface area contributed by atoms with Crippen molar-refractivity contribution in [1.29, 1.82) is 0 Å². The van der Waals surface area contributed by atoms with Crippen molar-refractivity contribution in [3.8, 4) is 16.8 Å². The summed E-state index contributed by atoms with van der Waals surface area (Å²) in [6.45, 7) is 2.27. The van der Waals surface area contributed by atoms with Gasteiger partial charge in [-0.1, -0.05) is 43.1 Å². The number of tetrazole rings is 1. The molecule has 1 N–H and O–H groups in total. The van der Waals surface area contributed by atoms with Gasteiger partial charge in [0.1, 0.15) is 6.33 Å². The Balaban J connectivity index is 1.38. The molecule has 2 bridgehead atoms. The third-order valence-corrected chi connectivity index (χ3v) is 8.04. The number of benzene rings is 2. The number of nitrogens with zero attached hydrogens (tertiary/aromatic N) is 6. The molecule has 4 aromatic rings. The fourth-order valence-electron chi connectivity index (χ4n) is 5.58. The largest absolute Gasteiger partial charge is 0.330 e. The molecule has 0 fully saturated rings. The Kier molecular flexibility index (Phi) is 7.32. The molecule has 2 aliphatic rings. The number of halogens is 2. The highest BCUT2D eigenvalue weighted by Crippen LogP contribution is 2.38. The normalized spacial score (nSPS) is 19.5. The number of pyridine rings is 1. The average molecular weight is 572 g/mol. The van der Waals surface area contributed by atoms with E-state index in [0.717, 1.165) is 28.9 Å². The van der Waals surface area contributed by atoms with E-state index in [2.05, 4.69) is 25.8 Å². The number of carbonyl (C=O) groups excluding carboxylic acids is 2. The maximum atomic E-state index is 15.4. The van der Waals surface area contributed by atoms with Crippen LogP contribution in [0, 0.1) is 11.7 Å². The van der Waals surface area contributed by atoms with Crippen molar-refractivity contribution in [2.45, 2.75) is 38.6 Å². The van der Waals surface area contributed by atoms with E-state index >= 15 is 4.39 Å². The summed E-state index contributed by atoms with van der Waals surface area (Å²) in [5.41, 5.74) is 4.41. The second kappa shape index (κ2) is 11.2. The zero-order valence-corrected chi connectivity index (χ0v) is 23.1. The van der Waals surface area contributed by atoms with Crippen LogP contribution in [0.15, 0.2) is 67.1 Å². The van der Waals surface area contributed by atoms with Gasteiger partial charge in [-0.25, -0.2) is 4.39 Å². The number of rotatable bonds is 3. The Labute approximate surface area is 241 Å². The molecule has 0 saturated heterocycles. The van der Waals surface area contributed by atoms with Crippen LogP contribution in [-0.2, 0) is 9.59 Å². The molecule has 2 aromatic heterocycles. The van der Waals surface area contributed by atoms with Crippen LogP contribution in [-0.4, -0.2) is 48.5 Å². The molecule has 2 amide bonds. The molecule has 2 aromatic carbocycles. The second-order valence-electron chi connectivity index (χ2n) is 10.3. The number of carbonyl (C=O) groups is 2. The number of hydrogen-bond acceptors (Lipinski definition) is 6. The molecule has 6 rings (SSSR count). The number of amides is 2. The first-order valence-corrected chi connectivity index (χ1v) is 13.9. The van der Waals surface area contributed by atoms with Crippen molar-refractivity contribution in [2.24, 2.45) is 5.92 Å². The van der Waals surface area contributed by atoms with E-state index in [1.807, 2.05) is 43.3 Å². The van der Waals surface area contributed by atoms with Crippen molar-refractivity contribution in [3.63, 3.8) is 0 Å². The lowest BCUT2D eigenvalue weighted by molar-refractivity contribution is -0.129. The molecule has 9 nitrogen and oxygen atoms in total. The molecule has 0 radical (unpaired) electrons. The van der Waals surface area contributed by atoms with E-state index in [1.165, 1.54) is 23.2 Å². The van der Waals surface area contributed by atoms with Gasteiger partial charge in [0, 0.05) is 41.5 Å². The molecule has 0 aliphatic carbocycles. The van der Waals surface area contributed by atoms with Crippen LogP contribution in [0.3, 0.4) is 0 Å². The first-order valence-electron chi connectivity index (χ1n) is 13.5. The van der Waals surface area contributed by atoms with Crippen molar-refractivity contribution < 1.29 is 14.0 Å². The van der Waals surface area contributed by atoms with E-state index in [-0.39, 0.29) is 34.4 Å². The van der Waals surface area contributed by atoms with Gasteiger partial charge in [0.25, 0.3) is 0 Å². The molecule has 0 saturated carbocycles. The molecule has 0 spiro atoms. The van der Waals surface area contributed by atoms with Crippen molar-refractivity contribution in [1.82, 2.24) is 30.1 Å². The summed E-state index contributed by atoms with van der Waals surface area (Å²) in [7, 11) is 0. The van der Waals surface area contributed by atoms with Gasteiger partial charge in [-0.15, -0.1) is 5.10 Å². The number of anilines is 1. The van der Waals surface area contributed by atoms with Crippen LogP contribution >= 0.6 is 11.6 Å². The van der Waals surface area contributed by atoms with Gasteiger partial charge < -0.3 is 10.2 Å².